The number of benzene rings is 1. The molecule has 0 bridgehead atoms. The highest BCUT2D eigenvalue weighted by atomic mass is 16.7. The number of nitro groups is 1. The number of rotatable bonds is 4. The number of hydrogen-bond acceptors (Lipinski definition) is 5. The van der Waals surface area contributed by atoms with E-state index in [4.69, 9.17) is 14.2 Å². The van der Waals surface area contributed by atoms with E-state index in [1.54, 1.807) is 12.1 Å². The Morgan fingerprint density at radius 1 is 1.53 bits per heavy atom. The van der Waals surface area contributed by atoms with Gasteiger partial charge in [0.05, 0.1) is 30.8 Å². The predicted molar refractivity (Wildman–Crippen MR) is 68.3 cm³/mol. The highest BCUT2D eigenvalue weighted by molar-refractivity contribution is 5.46. The summed E-state index contributed by atoms with van der Waals surface area (Å²) in [5, 5.41) is 11.1. The first-order valence-corrected chi connectivity index (χ1v) is 6.04. The molecule has 1 atom stereocenters. The van der Waals surface area contributed by atoms with E-state index < -0.39 is 10.7 Å². The van der Waals surface area contributed by atoms with Crippen LogP contribution in [-0.2, 0) is 15.9 Å². The molecule has 2 rings (SSSR count). The van der Waals surface area contributed by atoms with Crippen LogP contribution in [0.5, 0.6) is 5.75 Å². The van der Waals surface area contributed by atoms with Crippen LogP contribution in [-0.4, -0.2) is 30.5 Å². The summed E-state index contributed by atoms with van der Waals surface area (Å²) < 4.78 is 16.1. The second-order valence-electron chi connectivity index (χ2n) is 4.91. The van der Waals surface area contributed by atoms with Gasteiger partial charge in [-0.3, -0.25) is 10.1 Å². The van der Waals surface area contributed by atoms with Crippen LogP contribution in [0.2, 0.25) is 0 Å². The van der Waals surface area contributed by atoms with E-state index in [1.807, 2.05) is 13.8 Å². The molecule has 6 heteroatoms. The smallest absolute Gasteiger partial charge is 0.276 e. The van der Waals surface area contributed by atoms with Crippen molar-refractivity contribution < 1.29 is 19.1 Å². The fourth-order valence-corrected chi connectivity index (χ4v) is 2.12. The van der Waals surface area contributed by atoms with Crippen molar-refractivity contribution in [2.24, 2.45) is 0 Å². The Morgan fingerprint density at radius 2 is 2.26 bits per heavy atom. The number of nitrogens with zero attached hydrogens (tertiary/aromatic N) is 1. The van der Waals surface area contributed by atoms with Crippen molar-refractivity contribution in [1.29, 1.82) is 0 Å². The van der Waals surface area contributed by atoms with Gasteiger partial charge in [0.2, 0.25) is 0 Å². The predicted octanol–water partition coefficient (Wildman–Crippen LogP) is 2.30. The Hall–Kier alpha value is -1.66. The third kappa shape index (κ3) is 3.21. The van der Waals surface area contributed by atoms with Crippen molar-refractivity contribution in [3.8, 4) is 5.75 Å². The molecule has 1 fully saturated rings. The Balaban J connectivity index is 2.18. The third-order valence-corrected chi connectivity index (χ3v) is 3.00. The van der Waals surface area contributed by atoms with Gasteiger partial charge in [0.1, 0.15) is 5.75 Å². The standard InChI is InChI=1S/C13H17NO5/c1-13(2)18-8-11(19-13)6-9-4-5-10(17-3)7-12(9)14(15)16/h4-5,7,11H,6,8H2,1-3H3/t11-/m1/s1. The summed E-state index contributed by atoms with van der Waals surface area (Å²) in [5.74, 6) is -0.147. The first-order valence-electron chi connectivity index (χ1n) is 6.04. The van der Waals surface area contributed by atoms with Crippen LogP contribution >= 0.6 is 0 Å². The Bertz CT molecular complexity index is 486. The van der Waals surface area contributed by atoms with Crippen LogP contribution < -0.4 is 4.74 Å². The van der Waals surface area contributed by atoms with Crippen LogP contribution in [0.25, 0.3) is 0 Å². The van der Waals surface area contributed by atoms with Gasteiger partial charge >= 0.3 is 0 Å². The van der Waals surface area contributed by atoms with Crippen molar-refractivity contribution in [3.63, 3.8) is 0 Å². The lowest BCUT2D eigenvalue weighted by molar-refractivity contribution is -0.385. The van der Waals surface area contributed by atoms with E-state index in [-0.39, 0.29) is 11.8 Å². The van der Waals surface area contributed by atoms with Gasteiger partial charge < -0.3 is 14.2 Å². The lowest BCUT2D eigenvalue weighted by Crippen LogP contribution is -2.22. The molecule has 0 spiro atoms. The topological polar surface area (TPSA) is 70.8 Å². The Morgan fingerprint density at radius 3 is 2.79 bits per heavy atom. The van der Waals surface area contributed by atoms with E-state index in [0.29, 0.717) is 24.3 Å². The van der Waals surface area contributed by atoms with Crippen LogP contribution in [0.1, 0.15) is 19.4 Å². The van der Waals surface area contributed by atoms with E-state index in [9.17, 15) is 10.1 Å². The normalized spacial score (nSPS) is 21.3. The summed E-state index contributed by atoms with van der Waals surface area (Å²) >= 11 is 0. The number of nitro benzene ring substituents is 1. The fourth-order valence-electron chi connectivity index (χ4n) is 2.12. The SMILES string of the molecule is COc1ccc(C[C@@H]2COC(C)(C)O2)c([N+](=O)[O-])c1. The van der Waals surface area contributed by atoms with Crippen molar-refractivity contribution >= 4 is 5.69 Å². The molecular formula is C13H17NO5. The second-order valence-corrected chi connectivity index (χ2v) is 4.91. The molecule has 0 saturated carbocycles. The molecule has 1 aromatic carbocycles. The molecule has 1 heterocycles. The third-order valence-electron chi connectivity index (χ3n) is 3.00. The minimum Gasteiger partial charge on any atom is -0.497 e. The number of hydrogen-bond donors (Lipinski definition) is 0. The zero-order valence-electron chi connectivity index (χ0n) is 11.2. The maximum Gasteiger partial charge on any atom is 0.276 e. The molecule has 0 amide bonds. The molecule has 19 heavy (non-hydrogen) atoms. The molecule has 0 unspecified atom stereocenters. The molecule has 6 nitrogen and oxygen atoms in total. The van der Waals surface area contributed by atoms with Crippen molar-refractivity contribution in [2.75, 3.05) is 13.7 Å². The molecule has 0 aromatic heterocycles. The fraction of sp³-hybridized carbons (Fsp3) is 0.538. The molecule has 1 aliphatic rings. The van der Waals surface area contributed by atoms with Gasteiger partial charge in [-0.2, -0.15) is 0 Å². The minimum absolute atomic E-state index is 0.0488. The van der Waals surface area contributed by atoms with Crippen LogP contribution in [0, 0.1) is 10.1 Å². The summed E-state index contributed by atoms with van der Waals surface area (Å²) in [6.07, 6.45) is 0.283. The molecule has 1 aromatic rings. The zero-order valence-corrected chi connectivity index (χ0v) is 11.2. The van der Waals surface area contributed by atoms with Crippen LogP contribution in [0.15, 0.2) is 18.2 Å². The second kappa shape index (κ2) is 5.14. The van der Waals surface area contributed by atoms with Gasteiger partial charge in [-0.1, -0.05) is 0 Å². The average Bonchev–Trinajstić information content (AvgIpc) is 2.69. The van der Waals surface area contributed by atoms with E-state index in [0.717, 1.165) is 0 Å². The van der Waals surface area contributed by atoms with Crippen LogP contribution in [0.3, 0.4) is 0 Å². The van der Waals surface area contributed by atoms with Crippen molar-refractivity contribution in [1.82, 2.24) is 0 Å². The molecule has 1 saturated heterocycles. The summed E-state index contributed by atoms with van der Waals surface area (Å²) in [6, 6.07) is 4.84. The van der Waals surface area contributed by atoms with Gasteiger partial charge in [-0.25, -0.2) is 0 Å². The zero-order chi connectivity index (χ0) is 14.0. The highest BCUT2D eigenvalue weighted by Gasteiger charge is 2.33. The molecule has 0 aliphatic carbocycles. The lowest BCUT2D eigenvalue weighted by atomic mass is 10.1. The number of ether oxygens (including phenoxy) is 3. The lowest BCUT2D eigenvalue weighted by Gasteiger charge is -2.17. The first kappa shape index (κ1) is 13.8. The highest BCUT2D eigenvalue weighted by Crippen LogP contribution is 2.29. The van der Waals surface area contributed by atoms with Gasteiger partial charge in [0.15, 0.2) is 5.79 Å². The monoisotopic (exact) mass is 267 g/mol. The van der Waals surface area contributed by atoms with Gasteiger partial charge in [0.25, 0.3) is 5.69 Å². The maximum atomic E-state index is 11.1. The largest absolute Gasteiger partial charge is 0.497 e. The number of methoxy groups -OCH3 is 1. The van der Waals surface area contributed by atoms with E-state index in [2.05, 4.69) is 0 Å². The van der Waals surface area contributed by atoms with E-state index >= 15 is 0 Å². The van der Waals surface area contributed by atoms with Gasteiger partial charge in [-0.15, -0.1) is 0 Å². The quantitative estimate of drug-likeness (QED) is 0.618. The van der Waals surface area contributed by atoms with Gasteiger partial charge in [0, 0.05) is 12.0 Å². The average molecular weight is 267 g/mol. The summed E-state index contributed by atoms with van der Waals surface area (Å²) in [4.78, 5) is 10.7. The molecular weight excluding hydrogens is 250 g/mol. The van der Waals surface area contributed by atoms with Crippen LogP contribution in [0.4, 0.5) is 5.69 Å². The molecule has 104 valence electrons. The summed E-state index contributed by atoms with van der Waals surface area (Å²) in [7, 11) is 1.48. The maximum absolute atomic E-state index is 11.1. The van der Waals surface area contributed by atoms with Gasteiger partial charge in [-0.05, 0) is 26.0 Å². The van der Waals surface area contributed by atoms with Crippen molar-refractivity contribution in [3.05, 3.63) is 33.9 Å². The first-order chi connectivity index (χ1) is 8.91. The summed E-state index contributed by atoms with van der Waals surface area (Å²) in [5.41, 5.74) is 0.671. The minimum atomic E-state index is -0.619. The molecule has 0 radical (unpaired) electrons. The summed E-state index contributed by atoms with van der Waals surface area (Å²) in [6.45, 7) is 4.10. The molecule has 1 aliphatic heterocycles. The molecule has 0 N–H and O–H groups in total. The Labute approximate surface area is 111 Å². The van der Waals surface area contributed by atoms with E-state index in [1.165, 1.54) is 13.2 Å². The van der Waals surface area contributed by atoms with Crippen molar-refractivity contribution in [2.45, 2.75) is 32.2 Å². The Kier molecular flexibility index (Phi) is 3.73.